The fourth-order valence-electron chi connectivity index (χ4n) is 3.45. The molecule has 3 aromatic carbocycles. The van der Waals surface area contributed by atoms with E-state index >= 15 is 0 Å². The van der Waals surface area contributed by atoms with E-state index in [1.54, 1.807) is 30.3 Å². The molecule has 0 aromatic heterocycles. The third-order valence-electron chi connectivity index (χ3n) is 4.82. The minimum Gasteiger partial charge on any atom is -0.406 e. The summed E-state index contributed by atoms with van der Waals surface area (Å²) in [5, 5.41) is 3.25. The van der Waals surface area contributed by atoms with Crippen molar-refractivity contribution in [2.45, 2.75) is 11.9 Å². The molecule has 0 aliphatic carbocycles. The molecular weight excluding hydrogens is 403 g/mol. The summed E-state index contributed by atoms with van der Waals surface area (Å²) in [7, 11) is 0. The van der Waals surface area contributed by atoms with Gasteiger partial charge < -0.3 is 10.1 Å². The first-order chi connectivity index (χ1) is 14.2. The van der Waals surface area contributed by atoms with Crippen molar-refractivity contribution in [2.24, 2.45) is 4.99 Å². The molecule has 8 heteroatoms. The van der Waals surface area contributed by atoms with Crippen LogP contribution in [0.5, 0.6) is 5.75 Å². The Morgan fingerprint density at radius 2 is 1.40 bits per heavy atom. The van der Waals surface area contributed by atoms with Gasteiger partial charge in [0.1, 0.15) is 28.8 Å². The lowest BCUT2D eigenvalue weighted by atomic mass is 9.83. The molecule has 0 spiro atoms. The van der Waals surface area contributed by atoms with Gasteiger partial charge in [0.25, 0.3) is 0 Å². The van der Waals surface area contributed by atoms with Crippen molar-refractivity contribution in [3.05, 3.63) is 101 Å². The standard InChI is InChI=1S/C22H15F5N2O/c23-17-8-4-15(5-9-17)21(16-6-10-18(24)11-7-16)13-28-20(29-21)14-2-1-3-19(12-14)30-22(25,26)27/h1-12H,13H2,(H,28,29). The average molecular weight is 418 g/mol. The predicted octanol–water partition coefficient (Wildman–Crippen LogP) is 5.16. The molecule has 0 bridgehead atoms. The van der Waals surface area contributed by atoms with Crippen LogP contribution in [0.1, 0.15) is 16.7 Å². The fraction of sp³-hybridized carbons (Fsp3) is 0.136. The normalized spacial score (nSPS) is 15.4. The number of rotatable bonds is 4. The minimum absolute atomic E-state index is 0.184. The van der Waals surface area contributed by atoms with Gasteiger partial charge in [-0.3, -0.25) is 4.99 Å². The third kappa shape index (κ3) is 3.98. The van der Waals surface area contributed by atoms with Crippen molar-refractivity contribution in [1.82, 2.24) is 5.32 Å². The Balaban J connectivity index is 1.71. The van der Waals surface area contributed by atoms with Crippen molar-refractivity contribution >= 4 is 5.84 Å². The van der Waals surface area contributed by atoms with Gasteiger partial charge in [0, 0.05) is 5.56 Å². The monoisotopic (exact) mass is 418 g/mol. The van der Waals surface area contributed by atoms with Crippen molar-refractivity contribution < 1.29 is 26.7 Å². The highest BCUT2D eigenvalue weighted by atomic mass is 19.4. The molecule has 0 amide bonds. The van der Waals surface area contributed by atoms with Crippen LogP contribution < -0.4 is 10.1 Å². The summed E-state index contributed by atoms with van der Waals surface area (Å²) in [4.78, 5) is 4.48. The summed E-state index contributed by atoms with van der Waals surface area (Å²) in [6.07, 6.45) is -4.81. The lowest BCUT2D eigenvalue weighted by Crippen LogP contribution is -2.44. The molecule has 0 radical (unpaired) electrons. The van der Waals surface area contributed by atoms with Crippen LogP contribution in [-0.4, -0.2) is 18.7 Å². The van der Waals surface area contributed by atoms with E-state index in [2.05, 4.69) is 15.0 Å². The fourth-order valence-corrected chi connectivity index (χ4v) is 3.45. The number of benzene rings is 3. The van der Waals surface area contributed by atoms with Gasteiger partial charge >= 0.3 is 6.36 Å². The second-order valence-electron chi connectivity index (χ2n) is 6.78. The quantitative estimate of drug-likeness (QED) is 0.594. The van der Waals surface area contributed by atoms with Crippen LogP contribution in [-0.2, 0) is 5.54 Å². The molecule has 3 aromatic rings. The molecule has 0 unspecified atom stereocenters. The SMILES string of the molecule is Fc1ccc(C2(c3ccc(F)cc3)CN=C(c3cccc(OC(F)(F)F)c3)N2)cc1. The molecule has 1 heterocycles. The Kier molecular flexibility index (Phi) is 4.93. The van der Waals surface area contributed by atoms with Crippen molar-refractivity contribution in [1.29, 1.82) is 0 Å². The predicted molar refractivity (Wildman–Crippen MR) is 101 cm³/mol. The number of aliphatic imine (C=N–C) groups is 1. The summed E-state index contributed by atoms with van der Waals surface area (Å²) in [5.41, 5.74) is 0.814. The highest BCUT2D eigenvalue weighted by molar-refractivity contribution is 6.01. The van der Waals surface area contributed by atoms with Crippen molar-refractivity contribution in [3.8, 4) is 5.75 Å². The third-order valence-corrected chi connectivity index (χ3v) is 4.82. The number of hydrogen-bond donors (Lipinski definition) is 1. The second kappa shape index (κ2) is 7.44. The van der Waals surface area contributed by atoms with Gasteiger partial charge in [-0.25, -0.2) is 8.78 Å². The summed E-state index contributed by atoms with van der Waals surface area (Å²) >= 11 is 0. The second-order valence-corrected chi connectivity index (χ2v) is 6.78. The molecule has 154 valence electrons. The number of amidine groups is 1. The number of halogens is 5. The van der Waals surface area contributed by atoms with E-state index in [9.17, 15) is 22.0 Å². The summed E-state index contributed by atoms with van der Waals surface area (Å²) in [6, 6.07) is 17.0. The lowest BCUT2D eigenvalue weighted by molar-refractivity contribution is -0.274. The molecular formula is C22H15F5N2O. The molecule has 30 heavy (non-hydrogen) atoms. The van der Waals surface area contributed by atoms with Gasteiger partial charge in [-0.15, -0.1) is 13.2 Å². The van der Waals surface area contributed by atoms with Crippen LogP contribution in [0.25, 0.3) is 0 Å². The largest absolute Gasteiger partial charge is 0.573 e. The van der Waals surface area contributed by atoms with Gasteiger partial charge in [0.05, 0.1) is 6.54 Å². The zero-order valence-electron chi connectivity index (χ0n) is 15.4. The maximum absolute atomic E-state index is 13.5. The van der Waals surface area contributed by atoms with Gasteiger partial charge in [-0.1, -0.05) is 36.4 Å². The van der Waals surface area contributed by atoms with E-state index < -0.39 is 23.5 Å². The zero-order chi connectivity index (χ0) is 21.4. The molecule has 0 saturated heterocycles. The summed E-state index contributed by atoms with van der Waals surface area (Å²) in [6.45, 7) is 0.184. The zero-order valence-corrected chi connectivity index (χ0v) is 15.4. The Morgan fingerprint density at radius 3 is 1.93 bits per heavy atom. The van der Waals surface area contributed by atoms with Crippen LogP contribution >= 0.6 is 0 Å². The summed E-state index contributed by atoms with van der Waals surface area (Å²) in [5.74, 6) is -0.852. The Bertz CT molecular complexity index is 1030. The maximum Gasteiger partial charge on any atom is 0.573 e. The van der Waals surface area contributed by atoms with Crippen LogP contribution in [0.4, 0.5) is 22.0 Å². The van der Waals surface area contributed by atoms with E-state index in [0.29, 0.717) is 22.5 Å². The van der Waals surface area contributed by atoms with Gasteiger partial charge in [0.2, 0.25) is 0 Å². The number of hydrogen-bond acceptors (Lipinski definition) is 3. The first-order valence-electron chi connectivity index (χ1n) is 8.96. The topological polar surface area (TPSA) is 33.6 Å². The average Bonchev–Trinajstić information content (AvgIpc) is 3.14. The smallest absolute Gasteiger partial charge is 0.406 e. The number of nitrogens with zero attached hydrogens (tertiary/aromatic N) is 1. The molecule has 1 aliphatic rings. The van der Waals surface area contributed by atoms with Crippen LogP contribution in [0.3, 0.4) is 0 Å². The first-order valence-corrected chi connectivity index (χ1v) is 8.96. The molecule has 3 nitrogen and oxygen atoms in total. The number of ether oxygens (including phenoxy) is 1. The Morgan fingerprint density at radius 1 is 0.833 bits per heavy atom. The van der Waals surface area contributed by atoms with Crippen molar-refractivity contribution in [2.75, 3.05) is 6.54 Å². The molecule has 1 N–H and O–H groups in total. The van der Waals surface area contributed by atoms with E-state index in [1.165, 1.54) is 42.5 Å². The van der Waals surface area contributed by atoms with Crippen LogP contribution in [0.15, 0.2) is 77.8 Å². The lowest BCUT2D eigenvalue weighted by Gasteiger charge is -2.31. The summed E-state index contributed by atoms with van der Waals surface area (Å²) < 4.78 is 68.6. The number of alkyl halides is 3. The molecule has 4 rings (SSSR count). The van der Waals surface area contributed by atoms with Crippen LogP contribution in [0.2, 0.25) is 0 Å². The highest BCUT2D eigenvalue weighted by Crippen LogP contribution is 2.35. The first kappa shape index (κ1) is 19.9. The van der Waals surface area contributed by atoms with E-state index in [0.717, 1.165) is 0 Å². The molecule has 0 fully saturated rings. The maximum atomic E-state index is 13.5. The Labute approximate surface area is 168 Å². The molecule has 1 aliphatic heterocycles. The van der Waals surface area contributed by atoms with Gasteiger partial charge in [-0.05, 0) is 47.5 Å². The molecule has 0 atom stereocenters. The van der Waals surface area contributed by atoms with E-state index in [-0.39, 0.29) is 12.3 Å². The van der Waals surface area contributed by atoms with E-state index in [1.807, 2.05) is 0 Å². The van der Waals surface area contributed by atoms with Crippen molar-refractivity contribution in [3.63, 3.8) is 0 Å². The van der Waals surface area contributed by atoms with Crippen LogP contribution in [0, 0.1) is 11.6 Å². The van der Waals surface area contributed by atoms with Gasteiger partial charge in [0.15, 0.2) is 0 Å². The highest BCUT2D eigenvalue weighted by Gasteiger charge is 2.39. The van der Waals surface area contributed by atoms with E-state index in [4.69, 9.17) is 0 Å². The van der Waals surface area contributed by atoms with Gasteiger partial charge in [-0.2, -0.15) is 0 Å². The number of nitrogens with one attached hydrogen (secondary N) is 1. The minimum atomic E-state index is -4.81. The Hall–Kier alpha value is -3.42. The molecule has 0 saturated carbocycles.